The summed E-state index contributed by atoms with van der Waals surface area (Å²) in [6.45, 7) is 4.43. The van der Waals surface area contributed by atoms with Gasteiger partial charge in [0, 0.05) is 30.7 Å². The van der Waals surface area contributed by atoms with Crippen LogP contribution in [0.15, 0.2) is 40.2 Å². The van der Waals surface area contributed by atoms with E-state index in [0.717, 1.165) is 35.1 Å². The largest absolute Gasteiger partial charge is 0.348 e. The molecule has 1 aromatic carbocycles. The van der Waals surface area contributed by atoms with Crippen LogP contribution in [-0.2, 0) is 6.54 Å². The van der Waals surface area contributed by atoms with Gasteiger partial charge >= 0.3 is 0 Å². The Kier molecular flexibility index (Phi) is 5.86. The maximum atomic E-state index is 12.8. The predicted molar refractivity (Wildman–Crippen MR) is 117 cm³/mol. The number of piperidine rings is 1. The maximum absolute atomic E-state index is 12.8. The number of aromatic nitrogens is 3. The molecule has 1 saturated heterocycles. The van der Waals surface area contributed by atoms with E-state index in [1.807, 2.05) is 30.5 Å². The number of thioether (sulfide) groups is 1. The lowest BCUT2D eigenvalue weighted by molar-refractivity contribution is 0.0948. The van der Waals surface area contributed by atoms with E-state index in [0.29, 0.717) is 17.4 Å². The second-order valence-corrected chi connectivity index (χ2v) is 9.09. The van der Waals surface area contributed by atoms with Crippen molar-refractivity contribution in [2.75, 3.05) is 24.2 Å². The molecular formula is C20H23N5O2S2. The monoisotopic (exact) mass is 429 g/mol. The maximum Gasteiger partial charge on any atom is 0.288 e. The molecule has 152 valence electrons. The zero-order chi connectivity index (χ0) is 20.4. The van der Waals surface area contributed by atoms with Crippen LogP contribution in [-0.4, -0.2) is 39.9 Å². The first-order valence-electron chi connectivity index (χ1n) is 9.60. The van der Waals surface area contributed by atoms with Crippen LogP contribution in [0.2, 0.25) is 0 Å². The van der Waals surface area contributed by atoms with Crippen molar-refractivity contribution in [3.8, 4) is 0 Å². The molecular weight excluding hydrogens is 406 g/mol. The first kappa shape index (κ1) is 19.9. The molecule has 0 spiro atoms. The molecule has 1 aliphatic heterocycles. The molecule has 1 N–H and O–H groups in total. The van der Waals surface area contributed by atoms with E-state index < -0.39 is 11.5 Å². The molecule has 0 aliphatic carbocycles. The molecule has 0 bridgehead atoms. The van der Waals surface area contributed by atoms with Crippen LogP contribution in [0, 0.1) is 5.92 Å². The number of carbonyl (C=O) groups excluding carboxylic acids is 1. The third-order valence-corrected chi connectivity index (χ3v) is 6.79. The van der Waals surface area contributed by atoms with Gasteiger partial charge in [-0.3, -0.25) is 9.59 Å². The van der Waals surface area contributed by atoms with Crippen LogP contribution in [0.3, 0.4) is 0 Å². The Labute approximate surface area is 177 Å². The Morgan fingerprint density at radius 1 is 1.34 bits per heavy atom. The van der Waals surface area contributed by atoms with Gasteiger partial charge in [-0.05, 0) is 42.7 Å². The van der Waals surface area contributed by atoms with Crippen LogP contribution >= 0.6 is 23.1 Å². The van der Waals surface area contributed by atoms with Gasteiger partial charge < -0.3 is 10.2 Å². The molecule has 7 nitrogen and oxygen atoms in total. The molecule has 0 saturated carbocycles. The van der Waals surface area contributed by atoms with Crippen molar-refractivity contribution in [2.45, 2.75) is 31.2 Å². The van der Waals surface area contributed by atoms with Crippen molar-refractivity contribution >= 4 is 39.1 Å². The smallest absolute Gasteiger partial charge is 0.288 e. The van der Waals surface area contributed by atoms with Crippen LogP contribution in [0.25, 0.3) is 4.96 Å². The fourth-order valence-electron chi connectivity index (χ4n) is 3.44. The van der Waals surface area contributed by atoms with Gasteiger partial charge in [-0.1, -0.05) is 30.4 Å². The topological polar surface area (TPSA) is 79.6 Å². The molecule has 1 aliphatic rings. The summed E-state index contributed by atoms with van der Waals surface area (Å²) < 4.78 is 1.25. The van der Waals surface area contributed by atoms with Crippen LogP contribution in [0.5, 0.6) is 0 Å². The van der Waals surface area contributed by atoms with E-state index in [2.05, 4.69) is 27.2 Å². The van der Waals surface area contributed by atoms with Gasteiger partial charge in [-0.25, -0.2) is 4.98 Å². The minimum Gasteiger partial charge on any atom is -0.348 e. The van der Waals surface area contributed by atoms with Gasteiger partial charge in [0.2, 0.25) is 10.1 Å². The molecule has 9 heteroatoms. The summed E-state index contributed by atoms with van der Waals surface area (Å²) in [7, 11) is 0. The van der Waals surface area contributed by atoms with Crippen molar-refractivity contribution in [1.82, 2.24) is 19.9 Å². The Balaban J connectivity index is 1.51. The lowest BCUT2D eigenvalue weighted by Crippen LogP contribution is -2.34. The predicted octanol–water partition coefficient (Wildman–Crippen LogP) is 3.04. The highest BCUT2D eigenvalue weighted by atomic mass is 32.2. The molecule has 2 aromatic heterocycles. The van der Waals surface area contributed by atoms with E-state index in [4.69, 9.17) is 0 Å². The minimum absolute atomic E-state index is 0.00657. The minimum atomic E-state index is -0.438. The molecule has 29 heavy (non-hydrogen) atoms. The molecule has 0 radical (unpaired) electrons. The molecule has 1 amide bonds. The Morgan fingerprint density at radius 2 is 2.14 bits per heavy atom. The lowest BCUT2D eigenvalue weighted by atomic mass is 10.0. The first-order chi connectivity index (χ1) is 14.0. The number of fused-ring (bicyclic) bond motifs is 1. The molecule has 1 fully saturated rings. The van der Waals surface area contributed by atoms with Crippen LogP contribution in [0.4, 0.5) is 5.13 Å². The van der Waals surface area contributed by atoms with E-state index in [1.165, 1.54) is 28.5 Å². The van der Waals surface area contributed by atoms with E-state index in [1.54, 1.807) is 11.8 Å². The Morgan fingerprint density at radius 3 is 2.86 bits per heavy atom. The number of anilines is 1. The normalized spacial score (nSPS) is 16.9. The van der Waals surface area contributed by atoms with Gasteiger partial charge in [0.25, 0.3) is 11.5 Å². The van der Waals surface area contributed by atoms with Gasteiger partial charge in [0.1, 0.15) is 5.56 Å². The number of nitrogens with one attached hydrogen (secondary N) is 1. The molecule has 3 aromatic rings. The number of carbonyl (C=O) groups is 1. The summed E-state index contributed by atoms with van der Waals surface area (Å²) >= 11 is 3.05. The number of amides is 1. The number of hydrogen-bond acceptors (Lipinski definition) is 7. The van der Waals surface area contributed by atoms with Gasteiger partial charge in [0.15, 0.2) is 0 Å². The van der Waals surface area contributed by atoms with Crippen LogP contribution < -0.4 is 15.8 Å². The van der Waals surface area contributed by atoms with Gasteiger partial charge in [0.05, 0.1) is 0 Å². The number of hydrogen-bond donors (Lipinski definition) is 1. The van der Waals surface area contributed by atoms with Crippen molar-refractivity contribution in [1.29, 1.82) is 0 Å². The molecule has 0 unspecified atom stereocenters. The van der Waals surface area contributed by atoms with Crippen molar-refractivity contribution in [2.24, 2.45) is 5.92 Å². The highest BCUT2D eigenvalue weighted by molar-refractivity contribution is 7.98. The molecule has 1 atom stereocenters. The Hall–Kier alpha value is -2.39. The summed E-state index contributed by atoms with van der Waals surface area (Å²) in [6.07, 6.45) is 5.70. The average molecular weight is 430 g/mol. The number of rotatable bonds is 5. The summed E-state index contributed by atoms with van der Waals surface area (Å²) in [5.41, 5.74) is 0.547. The standard InChI is InChI=1S/C20H23N5O2S2/c1-13-4-3-9-24(12-13)20-23-25-18(27)16(11-22-19(25)29-20)17(26)21-10-14-5-7-15(28-2)8-6-14/h5-8,11,13H,3-4,9-10,12H2,1-2H3,(H,21,26)/t13-/m1/s1. The molecule has 4 rings (SSSR count). The summed E-state index contributed by atoms with van der Waals surface area (Å²) in [5, 5.41) is 8.04. The lowest BCUT2D eigenvalue weighted by Gasteiger charge is -2.30. The highest BCUT2D eigenvalue weighted by Crippen LogP contribution is 2.26. The Bertz CT molecular complexity index is 1080. The van der Waals surface area contributed by atoms with Crippen molar-refractivity contribution in [3.63, 3.8) is 0 Å². The average Bonchev–Trinajstić information content (AvgIpc) is 3.18. The van der Waals surface area contributed by atoms with Gasteiger partial charge in [-0.15, -0.1) is 16.9 Å². The van der Waals surface area contributed by atoms with Crippen molar-refractivity contribution < 1.29 is 4.79 Å². The summed E-state index contributed by atoms with van der Waals surface area (Å²) in [5.74, 6) is 0.166. The second kappa shape index (κ2) is 8.54. The highest BCUT2D eigenvalue weighted by Gasteiger charge is 2.22. The quantitative estimate of drug-likeness (QED) is 0.628. The van der Waals surface area contributed by atoms with E-state index >= 15 is 0 Å². The number of nitrogens with zero attached hydrogens (tertiary/aromatic N) is 4. The SMILES string of the molecule is CSc1ccc(CNC(=O)c2cnc3sc(N4CCC[C@@H](C)C4)nn3c2=O)cc1. The first-order valence-corrected chi connectivity index (χ1v) is 11.6. The fraction of sp³-hybridized carbons (Fsp3) is 0.400. The van der Waals surface area contributed by atoms with Crippen LogP contribution in [0.1, 0.15) is 35.7 Å². The zero-order valence-corrected chi connectivity index (χ0v) is 18.1. The zero-order valence-electron chi connectivity index (χ0n) is 16.4. The van der Waals surface area contributed by atoms with Crippen molar-refractivity contribution in [3.05, 3.63) is 51.9 Å². The third kappa shape index (κ3) is 4.30. The number of benzene rings is 1. The summed E-state index contributed by atoms with van der Waals surface area (Å²) in [4.78, 5) is 33.5. The third-order valence-electron chi connectivity index (χ3n) is 5.06. The van der Waals surface area contributed by atoms with Gasteiger partial charge in [-0.2, -0.15) is 4.52 Å². The second-order valence-electron chi connectivity index (χ2n) is 7.28. The molecule has 3 heterocycles. The fourth-order valence-corrected chi connectivity index (χ4v) is 4.75. The summed E-state index contributed by atoms with van der Waals surface area (Å²) in [6, 6.07) is 7.94. The van der Waals surface area contributed by atoms with E-state index in [-0.39, 0.29) is 5.56 Å². The van der Waals surface area contributed by atoms with E-state index in [9.17, 15) is 9.59 Å².